The Bertz CT molecular complexity index is 1000. The molecule has 123 valence electrons. The van der Waals surface area contributed by atoms with E-state index >= 15 is 0 Å². The van der Waals surface area contributed by atoms with Crippen molar-refractivity contribution < 1.29 is 0 Å². The Morgan fingerprint density at radius 2 is 1.72 bits per heavy atom. The number of rotatable bonds is 4. The van der Waals surface area contributed by atoms with E-state index in [0.29, 0.717) is 0 Å². The summed E-state index contributed by atoms with van der Waals surface area (Å²) in [4.78, 5) is 13.1. The van der Waals surface area contributed by atoms with Crippen molar-refractivity contribution in [1.82, 2.24) is 19.5 Å². The van der Waals surface area contributed by atoms with E-state index < -0.39 is 0 Å². The van der Waals surface area contributed by atoms with Crippen LogP contribution in [0.3, 0.4) is 0 Å². The van der Waals surface area contributed by atoms with E-state index in [-0.39, 0.29) is 0 Å². The molecule has 2 aromatic heterocycles. The van der Waals surface area contributed by atoms with Gasteiger partial charge in [0.15, 0.2) is 0 Å². The number of aromatic nitrogens is 4. The summed E-state index contributed by atoms with van der Waals surface area (Å²) in [6, 6.07) is 14.9. The van der Waals surface area contributed by atoms with Crippen LogP contribution >= 0.6 is 0 Å². The Morgan fingerprint density at radius 3 is 2.40 bits per heavy atom. The predicted octanol–water partition coefficient (Wildman–Crippen LogP) is 4.42. The van der Waals surface area contributed by atoms with Crippen molar-refractivity contribution >= 4 is 11.0 Å². The summed E-state index contributed by atoms with van der Waals surface area (Å²) in [5.74, 6) is 1.05. The third kappa shape index (κ3) is 2.80. The Morgan fingerprint density at radius 1 is 0.960 bits per heavy atom. The average Bonchev–Trinajstić information content (AvgIpc) is 3.06. The van der Waals surface area contributed by atoms with Gasteiger partial charge in [-0.05, 0) is 48.7 Å². The normalized spacial score (nSPS) is 11.1. The van der Waals surface area contributed by atoms with Crippen LogP contribution in [0.2, 0.25) is 0 Å². The number of hydrogen-bond acceptors (Lipinski definition) is 3. The van der Waals surface area contributed by atoms with Crippen molar-refractivity contribution in [3.05, 3.63) is 79.5 Å². The van der Waals surface area contributed by atoms with Crippen LogP contribution in [0.5, 0.6) is 0 Å². The first-order valence-corrected chi connectivity index (χ1v) is 8.45. The smallest absolute Gasteiger partial charge is 0.115 e. The maximum Gasteiger partial charge on any atom is 0.115 e. The zero-order valence-corrected chi connectivity index (χ0v) is 14.2. The van der Waals surface area contributed by atoms with Crippen molar-refractivity contribution in [3.8, 4) is 16.8 Å². The second kappa shape index (κ2) is 6.48. The van der Waals surface area contributed by atoms with E-state index in [1.54, 1.807) is 6.33 Å². The van der Waals surface area contributed by atoms with Gasteiger partial charge in [0, 0.05) is 30.1 Å². The summed E-state index contributed by atoms with van der Waals surface area (Å²) >= 11 is 0. The van der Waals surface area contributed by atoms with Crippen LogP contribution < -0.4 is 0 Å². The summed E-state index contributed by atoms with van der Waals surface area (Å²) in [6.07, 6.45) is 6.86. The summed E-state index contributed by atoms with van der Waals surface area (Å²) in [7, 11) is 0. The van der Waals surface area contributed by atoms with Crippen LogP contribution in [0.15, 0.2) is 61.2 Å². The van der Waals surface area contributed by atoms with Crippen molar-refractivity contribution in [2.24, 2.45) is 0 Å². The minimum absolute atomic E-state index is 0.800. The molecule has 4 rings (SSSR count). The van der Waals surface area contributed by atoms with Crippen LogP contribution in [0.25, 0.3) is 27.8 Å². The zero-order valence-electron chi connectivity index (χ0n) is 14.2. The third-order valence-electron chi connectivity index (χ3n) is 4.42. The lowest BCUT2D eigenvalue weighted by Gasteiger charge is -2.09. The summed E-state index contributed by atoms with van der Waals surface area (Å²) < 4.78 is 2.23. The van der Waals surface area contributed by atoms with Gasteiger partial charge in [-0.2, -0.15) is 0 Å². The predicted molar refractivity (Wildman–Crippen MR) is 101 cm³/mol. The highest BCUT2D eigenvalue weighted by Crippen LogP contribution is 2.27. The minimum atomic E-state index is 0.800. The van der Waals surface area contributed by atoms with Gasteiger partial charge in [-0.15, -0.1) is 0 Å². The fraction of sp³-hybridized carbons (Fsp3) is 0.143. The van der Waals surface area contributed by atoms with Gasteiger partial charge in [0.25, 0.3) is 0 Å². The lowest BCUT2D eigenvalue weighted by molar-refractivity contribution is 0.907. The highest BCUT2D eigenvalue weighted by molar-refractivity contribution is 5.83. The Labute approximate surface area is 147 Å². The van der Waals surface area contributed by atoms with E-state index in [2.05, 4.69) is 70.8 Å². The first-order chi connectivity index (χ1) is 12.3. The number of nitrogens with zero attached hydrogens (tertiary/aromatic N) is 4. The fourth-order valence-electron chi connectivity index (χ4n) is 3.09. The highest BCUT2D eigenvalue weighted by atomic mass is 15.1. The average molecular weight is 327 g/mol. The number of imidazole rings is 1. The molecule has 1 radical (unpaired) electrons. The van der Waals surface area contributed by atoms with Crippen molar-refractivity contribution in [1.29, 1.82) is 0 Å². The molecule has 0 atom stereocenters. The monoisotopic (exact) mass is 327 g/mol. The van der Waals surface area contributed by atoms with E-state index in [9.17, 15) is 0 Å². The molecule has 0 unspecified atom stereocenters. The molecule has 0 saturated carbocycles. The van der Waals surface area contributed by atoms with Gasteiger partial charge in [0.1, 0.15) is 12.2 Å². The molecule has 4 aromatic rings. The van der Waals surface area contributed by atoms with Crippen molar-refractivity contribution in [2.45, 2.75) is 19.8 Å². The van der Waals surface area contributed by atoms with Crippen LogP contribution in [0, 0.1) is 6.92 Å². The maximum atomic E-state index is 4.85. The van der Waals surface area contributed by atoms with E-state index in [0.717, 1.165) is 46.5 Å². The molecule has 2 aromatic carbocycles. The van der Waals surface area contributed by atoms with E-state index in [4.69, 9.17) is 4.98 Å². The second-order valence-corrected chi connectivity index (χ2v) is 5.96. The topological polar surface area (TPSA) is 43.6 Å². The van der Waals surface area contributed by atoms with Gasteiger partial charge in [0.2, 0.25) is 0 Å². The first kappa shape index (κ1) is 15.5. The van der Waals surface area contributed by atoms with Crippen LogP contribution in [-0.2, 0) is 12.8 Å². The lowest BCUT2D eigenvalue weighted by atomic mass is 10.1. The highest BCUT2D eigenvalue weighted by Gasteiger charge is 2.12. The molecule has 0 saturated heterocycles. The van der Waals surface area contributed by atoms with E-state index in [1.807, 2.05) is 12.4 Å². The van der Waals surface area contributed by atoms with Gasteiger partial charge in [-0.25, -0.2) is 15.0 Å². The quantitative estimate of drug-likeness (QED) is 0.557. The van der Waals surface area contributed by atoms with Crippen LogP contribution in [-0.4, -0.2) is 19.5 Å². The fourth-order valence-corrected chi connectivity index (χ4v) is 3.09. The molecule has 4 heteroatoms. The molecule has 0 bridgehead atoms. The minimum Gasteiger partial charge on any atom is -0.296 e. The molecule has 4 nitrogen and oxygen atoms in total. The first-order valence-electron chi connectivity index (χ1n) is 8.45. The number of benzene rings is 2. The van der Waals surface area contributed by atoms with Gasteiger partial charge in [-0.1, -0.05) is 25.1 Å². The summed E-state index contributed by atoms with van der Waals surface area (Å²) in [5.41, 5.74) is 6.54. The molecule has 0 aliphatic heterocycles. The molecular weight excluding hydrogens is 308 g/mol. The van der Waals surface area contributed by atoms with Gasteiger partial charge < -0.3 is 0 Å². The van der Waals surface area contributed by atoms with Crippen LogP contribution in [0.4, 0.5) is 0 Å². The summed E-state index contributed by atoms with van der Waals surface area (Å²) in [5, 5.41) is 0. The molecule has 0 spiro atoms. The molecule has 0 amide bonds. The van der Waals surface area contributed by atoms with Crippen molar-refractivity contribution in [2.75, 3.05) is 0 Å². The Kier molecular flexibility index (Phi) is 4.02. The SMILES string of the molecule is [CH2]Cc1ccc(-n2c(CC)nc3cc(-c4cncnc4)ccc32)cc1. The Hall–Kier alpha value is -3.01. The van der Waals surface area contributed by atoms with E-state index in [1.165, 1.54) is 5.56 Å². The molecular formula is C21H19N4. The summed E-state index contributed by atoms with van der Waals surface area (Å²) in [6.45, 7) is 6.07. The maximum absolute atomic E-state index is 4.85. The lowest BCUT2D eigenvalue weighted by Crippen LogP contribution is -2.00. The molecule has 0 aliphatic rings. The number of hydrogen-bond donors (Lipinski definition) is 0. The van der Waals surface area contributed by atoms with Gasteiger partial charge in [0.05, 0.1) is 11.0 Å². The molecule has 0 N–H and O–H groups in total. The second-order valence-electron chi connectivity index (χ2n) is 5.96. The molecule has 0 aliphatic carbocycles. The van der Waals surface area contributed by atoms with Crippen LogP contribution in [0.1, 0.15) is 18.3 Å². The standard InChI is InChI=1S/C21H19N4/c1-3-15-5-8-18(9-6-15)25-20-10-7-16(17-12-22-14-23-13-17)11-19(20)24-21(25)4-2/h5-14H,1,3-4H2,2H3. The number of fused-ring (bicyclic) bond motifs is 1. The zero-order chi connectivity index (χ0) is 17.2. The Balaban J connectivity index is 1.86. The number of aryl methyl sites for hydroxylation is 1. The largest absolute Gasteiger partial charge is 0.296 e. The van der Waals surface area contributed by atoms with Gasteiger partial charge >= 0.3 is 0 Å². The molecule has 2 heterocycles. The molecule has 25 heavy (non-hydrogen) atoms. The van der Waals surface area contributed by atoms with Crippen molar-refractivity contribution in [3.63, 3.8) is 0 Å². The third-order valence-corrected chi connectivity index (χ3v) is 4.42. The molecule has 0 fully saturated rings. The van der Waals surface area contributed by atoms with Gasteiger partial charge in [-0.3, -0.25) is 4.57 Å².